The molecule has 0 amide bonds. The number of nitrogens with zero attached hydrogens (tertiary/aromatic N) is 2. The Morgan fingerprint density at radius 3 is 2.54 bits per heavy atom. The van der Waals surface area contributed by atoms with E-state index in [4.69, 9.17) is 4.74 Å². The van der Waals surface area contributed by atoms with Crippen LogP contribution in [-0.2, 0) is 16.0 Å². The molecule has 0 radical (unpaired) electrons. The zero-order chi connectivity index (χ0) is 20.5. The SMILES string of the molecule is CCNC(=NCCOc1ccc(C(F)(F)F)cn1)NC(C)CCS(C)(=O)=O.I. The van der Waals surface area contributed by atoms with Crippen LogP contribution in [0.2, 0.25) is 0 Å². The van der Waals surface area contributed by atoms with E-state index < -0.39 is 21.6 Å². The summed E-state index contributed by atoms with van der Waals surface area (Å²) in [5.74, 6) is 0.656. The van der Waals surface area contributed by atoms with Gasteiger partial charge in [0.2, 0.25) is 5.88 Å². The van der Waals surface area contributed by atoms with E-state index in [0.717, 1.165) is 12.1 Å². The minimum absolute atomic E-state index is 0. The number of alkyl halides is 3. The summed E-state index contributed by atoms with van der Waals surface area (Å²) in [7, 11) is -3.03. The fraction of sp³-hybridized carbons (Fsp3) is 0.625. The zero-order valence-electron chi connectivity index (χ0n) is 15.9. The third-order valence-electron chi connectivity index (χ3n) is 3.32. The van der Waals surface area contributed by atoms with E-state index in [1.807, 2.05) is 13.8 Å². The first-order valence-corrected chi connectivity index (χ1v) is 10.5. The highest BCUT2D eigenvalue weighted by atomic mass is 127. The fourth-order valence-electron chi connectivity index (χ4n) is 1.96. The molecule has 0 aliphatic rings. The van der Waals surface area contributed by atoms with E-state index in [1.54, 1.807) is 0 Å². The van der Waals surface area contributed by atoms with Crippen LogP contribution in [0, 0.1) is 0 Å². The molecular weight excluding hydrogens is 512 g/mol. The van der Waals surface area contributed by atoms with E-state index in [2.05, 4.69) is 20.6 Å². The van der Waals surface area contributed by atoms with Gasteiger partial charge < -0.3 is 15.4 Å². The third-order valence-corrected chi connectivity index (χ3v) is 4.30. The summed E-state index contributed by atoms with van der Waals surface area (Å²) in [4.78, 5) is 7.90. The maximum absolute atomic E-state index is 12.5. The van der Waals surface area contributed by atoms with E-state index in [-0.39, 0.29) is 54.8 Å². The van der Waals surface area contributed by atoms with Crippen LogP contribution in [0.5, 0.6) is 5.88 Å². The third kappa shape index (κ3) is 11.5. The summed E-state index contributed by atoms with van der Waals surface area (Å²) in [6, 6.07) is 1.96. The van der Waals surface area contributed by atoms with Crippen molar-refractivity contribution in [1.29, 1.82) is 0 Å². The van der Waals surface area contributed by atoms with Crippen LogP contribution >= 0.6 is 24.0 Å². The molecule has 1 heterocycles. The van der Waals surface area contributed by atoms with Gasteiger partial charge in [0.25, 0.3) is 0 Å². The predicted molar refractivity (Wildman–Crippen MR) is 113 cm³/mol. The standard InChI is InChI=1S/C16H25F3N4O3S.HI/c1-4-20-15(23-12(2)7-10-27(3,24)25)21-8-9-26-14-6-5-13(11-22-14)16(17,18)19;/h5-6,11-12H,4,7-10H2,1-3H3,(H2,20,21,23);1H. The minimum atomic E-state index is -4.43. The van der Waals surface area contributed by atoms with Gasteiger partial charge in [-0.25, -0.2) is 18.4 Å². The second kappa shape index (κ2) is 12.3. The molecule has 0 saturated heterocycles. The molecule has 1 aromatic rings. The highest BCUT2D eigenvalue weighted by Crippen LogP contribution is 2.29. The van der Waals surface area contributed by atoms with Gasteiger partial charge in [0.1, 0.15) is 16.4 Å². The van der Waals surface area contributed by atoms with Crippen molar-refractivity contribution in [2.45, 2.75) is 32.5 Å². The van der Waals surface area contributed by atoms with Gasteiger partial charge in [-0.2, -0.15) is 13.2 Å². The first-order chi connectivity index (χ1) is 12.5. The Morgan fingerprint density at radius 1 is 1.36 bits per heavy atom. The summed E-state index contributed by atoms with van der Waals surface area (Å²) >= 11 is 0. The largest absolute Gasteiger partial charge is 0.476 e. The minimum Gasteiger partial charge on any atom is -0.476 e. The molecule has 2 N–H and O–H groups in total. The number of guanidine groups is 1. The van der Waals surface area contributed by atoms with Gasteiger partial charge in [-0.15, -0.1) is 24.0 Å². The Morgan fingerprint density at radius 2 is 2.04 bits per heavy atom. The molecule has 0 aliphatic heterocycles. The topological polar surface area (TPSA) is 92.7 Å². The lowest BCUT2D eigenvalue weighted by Gasteiger charge is -2.17. The highest BCUT2D eigenvalue weighted by Gasteiger charge is 2.30. The number of aliphatic imine (C=N–C) groups is 1. The summed E-state index contributed by atoms with van der Waals surface area (Å²) in [5, 5.41) is 6.12. The summed E-state index contributed by atoms with van der Waals surface area (Å²) in [6.45, 7) is 4.73. The molecule has 1 unspecified atom stereocenters. The lowest BCUT2D eigenvalue weighted by atomic mass is 10.3. The van der Waals surface area contributed by atoms with E-state index in [1.165, 1.54) is 6.26 Å². The number of nitrogens with one attached hydrogen (secondary N) is 2. The quantitative estimate of drug-likeness (QED) is 0.217. The molecule has 0 aliphatic carbocycles. The fourth-order valence-corrected chi connectivity index (χ4v) is 2.74. The second-order valence-corrected chi connectivity index (χ2v) is 8.22. The van der Waals surface area contributed by atoms with E-state index in [0.29, 0.717) is 25.1 Å². The number of ether oxygens (including phenoxy) is 1. The molecule has 12 heteroatoms. The summed E-state index contributed by atoms with van der Waals surface area (Å²) in [6.07, 6.45) is -2.09. The van der Waals surface area contributed by atoms with Crippen LogP contribution in [-0.4, -0.2) is 57.1 Å². The van der Waals surface area contributed by atoms with Crippen molar-refractivity contribution in [3.63, 3.8) is 0 Å². The van der Waals surface area contributed by atoms with Gasteiger partial charge in [-0.05, 0) is 26.3 Å². The number of hydrogen-bond acceptors (Lipinski definition) is 5. The van der Waals surface area contributed by atoms with Crippen molar-refractivity contribution in [2.75, 3.05) is 31.7 Å². The van der Waals surface area contributed by atoms with Gasteiger partial charge in [-0.3, -0.25) is 0 Å². The van der Waals surface area contributed by atoms with E-state index in [9.17, 15) is 21.6 Å². The summed E-state index contributed by atoms with van der Waals surface area (Å²) in [5.41, 5.74) is -0.838. The molecule has 7 nitrogen and oxygen atoms in total. The number of sulfone groups is 1. The number of aromatic nitrogens is 1. The molecule has 0 saturated carbocycles. The molecule has 162 valence electrons. The van der Waals surface area contributed by atoms with Crippen molar-refractivity contribution in [3.05, 3.63) is 23.9 Å². The molecular formula is C16H26F3IN4O3S. The molecule has 0 bridgehead atoms. The van der Waals surface area contributed by atoms with Crippen molar-refractivity contribution >= 4 is 39.8 Å². The van der Waals surface area contributed by atoms with Crippen LogP contribution in [0.15, 0.2) is 23.3 Å². The summed E-state index contributed by atoms with van der Waals surface area (Å²) < 4.78 is 65.1. The Hall–Kier alpha value is -1.31. The van der Waals surface area contributed by atoms with Crippen LogP contribution in [0.1, 0.15) is 25.8 Å². The number of halogens is 4. The molecule has 1 atom stereocenters. The Labute approximate surface area is 180 Å². The van der Waals surface area contributed by atoms with Crippen LogP contribution in [0.25, 0.3) is 0 Å². The van der Waals surface area contributed by atoms with Gasteiger partial charge in [0.15, 0.2) is 5.96 Å². The molecule has 1 aromatic heterocycles. The maximum Gasteiger partial charge on any atom is 0.417 e. The van der Waals surface area contributed by atoms with Crippen molar-refractivity contribution in [1.82, 2.24) is 15.6 Å². The first kappa shape index (κ1) is 26.7. The maximum atomic E-state index is 12.5. The van der Waals surface area contributed by atoms with Crippen LogP contribution < -0.4 is 15.4 Å². The predicted octanol–water partition coefficient (Wildman–Crippen LogP) is 2.48. The number of rotatable bonds is 9. The normalized spacial score (nSPS) is 13.4. The molecule has 0 fully saturated rings. The lowest BCUT2D eigenvalue weighted by molar-refractivity contribution is -0.137. The average Bonchev–Trinajstić information content (AvgIpc) is 2.56. The monoisotopic (exact) mass is 538 g/mol. The molecule has 1 rings (SSSR count). The van der Waals surface area contributed by atoms with Crippen LogP contribution in [0.3, 0.4) is 0 Å². The zero-order valence-corrected chi connectivity index (χ0v) is 19.1. The highest BCUT2D eigenvalue weighted by molar-refractivity contribution is 14.0. The van der Waals surface area contributed by atoms with Gasteiger partial charge in [0.05, 0.1) is 17.9 Å². The Kier molecular flexibility index (Phi) is 11.7. The number of pyridine rings is 1. The molecule has 28 heavy (non-hydrogen) atoms. The van der Waals surface area contributed by atoms with Gasteiger partial charge in [-0.1, -0.05) is 0 Å². The van der Waals surface area contributed by atoms with E-state index >= 15 is 0 Å². The average molecular weight is 538 g/mol. The Bertz CT molecular complexity index is 713. The van der Waals surface area contributed by atoms with Crippen molar-refractivity contribution in [2.24, 2.45) is 4.99 Å². The van der Waals surface area contributed by atoms with Crippen LogP contribution in [0.4, 0.5) is 13.2 Å². The van der Waals surface area contributed by atoms with Crippen molar-refractivity contribution < 1.29 is 26.3 Å². The van der Waals surface area contributed by atoms with Gasteiger partial charge >= 0.3 is 6.18 Å². The smallest absolute Gasteiger partial charge is 0.417 e. The lowest BCUT2D eigenvalue weighted by Crippen LogP contribution is -2.43. The Balaban J connectivity index is 0.00000729. The van der Waals surface area contributed by atoms with Crippen molar-refractivity contribution in [3.8, 4) is 5.88 Å². The second-order valence-electron chi connectivity index (χ2n) is 5.96. The number of hydrogen-bond donors (Lipinski definition) is 2. The van der Waals surface area contributed by atoms with Gasteiger partial charge in [0, 0.05) is 31.1 Å². The first-order valence-electron chi connectivity index (χ1n) is 8.40. The molecule has 0 spiro atoms. The molecule has 0 aromatic carbocycles.